The van der Waals surface area contributed by atoms with Crippen molar-refractivity contribution in [1.82, 2.24) is 20.2 Å². The minimum atomic E-state index is -0.321. The van der Waals surface area contributed by atoms with E-state index in [1.165, 1.54) is 0 Å². The van der Waals surface area contributed by atoms with E-state index in [1.54, 1.807) is 4.68 Å². The molecule has 6 nitrogen and oxygen atoms in total. The van der Waals surface area contributed by atoms with Crippen LogP contribution in [-0.2, 0) is 11.8 Å². The fourth-order valence-corrected chi connectivity index (χ4v) is 2.86. The van der Waals surface area contributed by atoms with Gasteiger partial charge in [0.05, 0.1) is 0 Å². The SMILES string of the molecule is Cn1nnnc1-c1ccc2c(c1)[C@@H]1O[C@]1(C)C(C)(C)O2. The lowest BCUT2D eigenvalue weighted by Crippen LogP contribution is -2.45. The molecule has 4 rings (SSSR count). The number of aryl methyl sites for hydroxylation is 1. The van der Waals surface area contributed by atoms with Crippen molar-refractivity contribution in [3.05, 3.63) is 23.8 Å². The fraction of sp³-hybridized carbons (Fsp3) is 0.500. The summed E-state index contributed by atoms with van der Waals surface area (Å²) in [6.07, 6.45) is 0.0855. The molecule has 1 saturated heterocycles. The van der Waals surface area contributed by atoms with Crippen molar-refractivity contribution in [2.45, 2.75) is 38.1 Å². The van der Waals surface area contributed by atoms with Crippen LogP contribution in [0.2, 0.25) is 0 Å². The van der Waals surface area contributed by atoms with E-state index in [9.17, 15) is 0 Å². The van der Waals surface area contributed by atoms with Gasteiger partial charge < -0.3 is 9.47 Å². The molecule has 2 aromatic rings. The van der Waals surface area contributed by atoms with Gasteiger partial charge in [-0.15, -0.1) is 5.10 Å². The summed E-state index contributed by atoms with van der Waals surface area (Å²) in [7, 11) is 1.83. The maximum Gasteiger partial charge on any atom is 0.181 e. The van der Waals surface area contributed by atoms with Crippen LogP contribution in [0.1, 0.15) is 32.4 Å². The number of fused-ring (bicyclic) bond motifs is 3. The third kappa shape index (κ3) is 1.34. The highest BCUT2D eigenvalue weighted by molar-refractivity contribution is 5.61. The van der Waals surface area contributed by atoms with E-state index in [-0.39, 0.29) is 17.3 Å². The molecule has 0 radical (unpaired) electrons. The average Bonchev–Trinajstić information content (AvgIpc) is 2.93. The van der Waals surface area contributed by atoms with Crippen molar-refractivity contribution < 1.29 is 9.47 Å². The van der Waals surface area contributed by atoms with Gasteiger partial charge in [-0.3, -0.25) is 0 Å². The Kier molecular flexibility index (Phi) is 2.00. The van der Waals surface area contributed by atoms with E-state index in [4.69, 9.17) is 9.47 Å². The molecule has 0 bridgehead atoms. The Morgan fingerprint density at radius 3 is 2.75 bits per heavy atom. The van der Waals surface area contributed by atoms with Gasteiger partial charge >= 0.3 is 0 Å². The van der Waals surface area contributed by atoms with Crippen LogP contribution < -0.4 is 4.74 Å². The maximum atomic E-state index is 6.10. The van der Waals surface area contributed by atoms with Gasteiger partial charge in [-0.05, 0) is 49.4 Å². The third-order valence-corrected chi connectivity index (χ3v) is 4.54. The Balaban J connectivity index is 1.83. The molecule has 0 spiro atoms. The molecule has 1 aromatic carbocycles. The second-order valence-corrected chi connectivity index (χ2v) is 6.10. The number of hydrogen-bond donors (Lipinski definition) is 0. The van der Waals surface area contributed by atoms with E-state index in [2.05, 4.69) is 42.4 Å². The number of aromatic nitrogens is 4. The summed E-state index contributed by atoms with van der Waals surface area (Å²) in [5.74, 6) is 1.62. The van der Waals surface area contributed by atoms with Gasteiger partial charge in [0.1, 0.15) is 23.1 Å². The van der Waals surface area contributed by atoms with Crippen LogP contribution in [0, 0.1) is 0 Å². The molecule has 20 heavy (non-hydrogen) atoms. The predicted octanol–water partition coefficient (Wildman–Crippen LogP) is 1.88. The zero-order valence-electron chi connectivity index (χ0n) is 11.9. The van der Waals surface area contributed by atoms with Gasteiger partial charge in [-0.1, -0.05) is 0 Å². The summed E-state index contributed by atoms with van der Waals surface area (Å²) in [6, 6.07) is 6.01. The van der Waals surface area contributed by atoms with Crippen LogP contribution in [0.4, 0.5) is 0 Å². The lowest BCUT2D eigenvalue weighted by molar-refractivity contribution is 0.0242. The van der Waals surface area contributed by atoms with Crippen LogP contribution in [0.15, 0.2) is 18.2 Å². The molecule has 0 amide bonds. The average molecular weight is 272 g/mol. The van der Waals surface area contributed by atoms with E-state index in [0.717, 1.165) is 22.7 Å². The van der Waals surface area contributed by atoms with E-state index in [1.807, 2.05) is 19.2 Å². The second-order valence-electron chi connectivity index (χ2n) is 6.10. The zero-order valence-corrected chi connectivity index (χ0v) is 11.9. The minimum Gasteiger partial charge on any atom is -0.484 e. The number of epoxide rings is 1. The molecule has 1 fully saturated rings. The lowest BCUT2D eigenvalue weighted by Gasteiger charge is -2.35. The number of tetrazole rings is 1. The molecule has 0 aliphatic carbocycles. The highest BCUT2D eigenvalue weighted by atomic mass is 16.7. The fourth-order valence-electron chi connectivity index (χ4n) is 2.86. The van der Waals surface area contributed by atoms with Gasteiger partial charge in [0.2, 0.25) is 0 Å². The summed E-state index contributed by atoms with van der Waals surface area (Å²) in [5, 5.41) is 11.6. The highest BCUT2D eigenvalue weighted by Crippen LogP contribution is 2.62. The summed E-state index contributed by atoms with van der Waals surface area (Å²) < 4.78 is 13.7. The van der Waals surface area contributed by atoms with Crippen LogP contribution >= 0.6 is 0 Å². The Morgan fingerprint density at radius 1 is 1.25 bits per heavy atom. The van der Waals surface area contributed by atoms with Crippen LogP contribution in [0.5, 0.6) is 5.75 Å². The molecular formula is C14H16N4O2. The molecule has 2 aliphatic rings. The Labute approximate surface area is 116 Å². The summed E-state index contributed by atoms with van der Waals surface area (Å²) in [4.78, 5) is 0. The van der Waals surface area contributed by atoms with Gasteiger partial charge in [0, 0.05) is 18.2 Å². The third-order valence-electron chi connectivity index (χ3n) is 4.54. The quantitative estimate of drug-likeness (QED) is 0.741. The van der Waals surface area contributed by atoms with Gasteiger partial charge in [0.25, 0.3) is 0 Å². The normalized spacial score (nSPS) is 29.3. The number of nitrogens with zero attached hydrogens (tertiary/aromatic N) is 4. The smallest absolute Gasteiger partial charge is 0.181 e. The number of rotatable bonds is 1. The first-order valence-electron chi connectivity index (χ1n) is 6.66. The lowest BCUT2D eigenvalue weighted by atomic mass is 9.83. The summed E-state index contributed by atoms with van der Waals surface area (Å²) >= 11 is 0. The molecule has 104 valence electrons. The standard InChI is InChI=1S/C14H16N4O2/c1-13(2)14(3)11(20-14)9-7-8(5-6-10(9)19-13)12-15-16-17-18(12)4/h5-7,11H,1-4H3/t11-,14-/m0/s1. The summed E-state index contributed by atoms with van der Waals surface area (Å²) in [6.45, 7) is 6.23. The summed E-state index contributed by atoms with van der Waals surface area (Å²) in [5.41, 5.74) is 1.47. The van der Waals surface area contributed by atoms with Crippen molar-refractivity contribution in [2.24, 2.45) is 7.05 Å². The molecule has 0 unspecified atom stereocenters. The predicted molar refractivity (Wildman–Crippen MR) is 71.2 cm³/mol. The van der Waals surface area contributed by atoms with Gasteiger partial charge in [0.15, 0.2) is 5.82 Å². The molecule has 2 atom stereocenters. The van der Waals surface area contributed by atoms with Gasteiger partial charge in [-0.2, -0.15) is 0 Å². The first-order valence-corrected chi connectivity index (χ1v) is 6.66. The van der Waals surface area contributed by atoms with Crippen molar-refractivity contribution in [2.75, 3.05) is 0 Å². The molecule has 0 N–H and O–H groups in total. The molecule has 3 heterocycles. The Morgan fingerprint density at radius 2 is 2.05 bits per heavy atom. The monoisotopic (exact) mass is 272 g/mol. The number of ether oxygens (including phenoxy) is 2. The zero-order chi connectivity index (χ0) is 14.1. The largest absolute Gasteiger partial charge is 0.484 e. The second kappa shape index (κ2) is 3.38. The minimum absolute atomic E-state index is 0.0855. The van der Waals surface area contributed by atoms with Crippen LogP contribution in [-0.4, -0.2) is 31.4 Å². The molecule has 6 heteroatoms. The molecule has 1 aromatic heterocycles. The van der Waals surface area contributed by atoms with E-state index < -0.39 is 0 Å². The van der Waals surface area contributed by atoms with E-state index in [0.29, 0.717) is 0 Å². The molecule has 2 aliphatic heterocycles. The number of hydrogen-bond acceptors (Lipinski definition) is 5. The number of benzene rings is 1. The Bertz CT molecular complexity index is 709. The van der Waals surface area contributed by atoms with Crippen molar-refractivity contribution in [3.63, 3.8) is 0 Å². The first kappa shape index (κ1) is 11.8. The molecule has 0 saturated carbocycles. The first-order chi connectivity index (χ1) is 9.42. The maximum absolute atomic E-state index is 6.10. The van der Waals surface area contributed by atoms with Crippen molar-refractivity contribution in [1.29, 1.82) is 0 Å². The van der Waals surface area contributed by atoms with Gasteiger partial charge in [-0.25, -0.2) is 4.68 Å². The topological polar surface area (TPSA) is 65.4 Å². The Hall–Kier alpha value is -1.95. The highest BCUT2D eigenvalue weighted by Gasteiger charge is 2.67. The van der Waals surface area contributed by atoms with Crippen LogP contribution in [0.25, 0.3) is 11.4 Å². The van der Waals surface area contributed by atoms with Crippen molar-refractivity contribution >= 4 is 0 Å². The molecular weight excluding hydrogens is 256 g/mol. The van der Waals surface area contributed by atoms with Crippen LogP contribution in [0.3, 0.4) is 0 Å². The van der Waals surface area contributed by atoms with E-state index >= 15 is 0 Å². The van der Waals surface area contributed by atoms with Crippen molar-refractivity contribution in [3.8, 4) is 17.1 Å².